The van der Waals surface area contributed by atoms with Crippen molar-refractivity contribution in [1.29, 1.82) is 0 Å². The first-order valence-electron chi connectivity index (χ1n) is 9.42. The maximum atomic E-state index is 13.0. The Morgan fingerprint density at radius 2 is 1.79 bits per heavy atom. The van der Waals surface area contributed by atoms with Crippen LogP contribution in [0.5, 0.6) is 0 Å². The van der Waals surface area contributed by atoms with Crippen LogP contribution in [-0.2, 0) is 14.8 Å². The van der Waals surface area contributed by atoms with Crippen LogP contribution < -0.4 is 0 Å². The Bertz CT molecular complexity index is 950. The zero-order chi connectivity index (χ0) is 21.2. The smallest absolute Gasteiger partial charge is 0.243 e. The molecule has 1 heterocycles. The van der Waals surface area contributed by atoms with Gasteiger partial charge in [-0.2, -0.15) is 4.31 Å². The maximum Gasteiger partial charge on any atom is 0.243 e. The van der Waals surface area contributed by atoms with Crippen molar-refractivity contribution in [2.24, 2.45) is 0 Å². The van der Waals surface area contributed by atoms with Crippen molar-refractivity contribution in [1.82, 2.24) is 9.21 Å². The molecular weight excluding hydrogens is 412 g/mol. The third-order valence-electron chi connectivity index (χ3n) is 5.34. The zero-order valence-corrected chi connectivity index (χ0v) is 18.0. The van der Waals surface area contributed by atoms with Crippen LogP contribution in [-0.4, -0.2) is 59.8 Å². The number of β-amino-alcohol motifs (C(OH)–C–C–N with tert-alkyl or cyclic N) is 1. The van der Waals surface area contributed by atoms with Crippen molar-refractivity contribution < 1.29 is 18.3 Å². The van der Waals surface area contributed by atoms with Crippen LogP contribution in [0.15, 0.2) is 59.5 Å². The summed E-state index contributed by atoms with van der Waals surface area (Å²) in [4.78, 5) is 14.3. The van der Waals surface area contributed by atoms with Gasteiger partial charge < -0.3 is 10.0 Å². The van der Waals surface area contributed by atoms with Crippen molar-refractivity contribution in [3.8, 4) is 0 Å². The minimum atomic E-state index is -3.78. The van der Waals surface area contributed by atoms with Gasteiger partial charge in [0.15, 0.2) is 0 Å². The Hall–Kier alpha value is -1.93. The molecule has 1 aliphatic heterocycles. The van der Waals surface area contributed by atoms with Crippen molar-refractivity contribution in [2.75, 3.05) is 19.0 Å². The lowest BCUT2D eigenvalue weighted by molar-refractivity contribution is -0.135. The summed E-state index contributed by atoms with van der Waals surface area (Å²) in [6.07, 6.45) is -1.01. The van der Waals surface area contributed by atoms with Gasteiger partial charge in [0.1, 0.15) is 5.88 Å². The van der Waals surface area contributed by atoms with Crippen LogP contribution >= 0.6 is 11.6 Å². The van der Waals surface area contributed by atoms with Crippen LogP contribution in [0.25, 0.3) is 0 Å². The number of aryl methyl sites for hydroxylation is 1. The standard InChI is InChI=1S/C21H25ClN2O4S/c1-15-8-10-18(11-9-15)29(27,28)23-13-19(20(25)14-23)24(21(26)12-22)16(2)17-6-4-3-5-7-17/h3-11,16,19-20,25H,12-14H2,1-2H3/t16-,19-,20-/m0/s1. The van der Waals surface area contributed by atoms with E-state index in [1.807, 2.05) is 44.2 Å². The molecule has 2 aromatic rings. The highest BCUT2D eigenvalue weighted by atomic mass is 35.5. The average molecular weight is 437 g/mol. The molecule has 0 bridgehead atoms. The lowest BCUT2D eigenvalue weighted by Crippen LogP contribution is -2.48. The van der Waals surface area contributed by atoms with Gasteiger partial charge in [-0.25, -0.2) is 8.42 Å². The Morgan fingerprint density at radius 3 is 2.38 bits per heavy atom. The van der Waals surface area contributed by atoms with Crippen LogP contribution in [0.4, 0.5) is 0 Å². The molecule has 0 aromatic heterocycles. The second kappa shape index (κ2) is 8.83. The number of rotatable bonds is 6. The van der Waals surface area contributed by atoms with E-state index in [-0.39, 0.29) is 35.8 Å². The van der Waals surface area contributed by atoms with Crippen molar-refractivity contribution >= 4 is 27.5 Å². The first kappa shape index (κ1) is 21.8. The molecule has 6 nitrogen and oxygen atoms in total. The first-order chi connectivity index (χ1) is 13.8. The highest BCUT2D eigenvalue weighted by Crippen LogP contribution is 2.30. The second-order valence-corrected chi connectivity index (χ2v) is 9.50. The molecule has 156 valence electrons. The number of aliphatic hydroxyl groups is 1. The van der Waals surface area contributed by atoms with Gasteiger partial charge in [-0.1, -0.05) is 48.0 Å². The van der Waals surface area contributed by atoms with Crippen LogP contribution in [0.2, 0.25) is 0 Å². The fraction of sp³-hybridized carbons (Fsp3) is 0.381. The van der Waals surface area contributed by atoms with E-state index >= 15 is 0 Å². The molecule has 1 aliphatic rings. The number of hydrogen-bond donors (Lipinski definition) is 1. The van der Waals surface area contributed by atoms with Gasteiger partial charge in [-0.3, -0.25) is 4.79 Å². The normalized spacial score (nSPS) is 21.1. The predicted molar refractivity (Wildman–Crippen MR) is 112 cm³/mol. The third-order valence-corrected chi connectivity index (χ3v) is 7.42. The molecule has 1 N–H and O–H groups in total. The van der Waals surface area contributed by atoms with E-state index in [9.17, 15) is 18.3 Å². The highest BCUT2D eigenvalue weighted by molar-refractivity contribution is 7.89. The van der Waals surface area contributed by atoms with Crippen LogP contribution in [0.1, 0.15) is 24.1 Å². The molecule has 1 saturated heterocycles. The molecule has 0 spiro atoms. The van der Waals surface area contributed by atoms with Gasteiger partial charge in [0.05, 0.1) is 23.1 Å². The minimum absolute atomic E-state index is 0.0111. The van der Waals surface area contributed by atoms with E-state index in [1.165, 1.54) is 9.21 Å². The summed E-state index contributed by atoms with van der Waals surface area (Å²) >= 11 is 5.84. The summed E-state index contributed by atoms with van der Waals surface area (Å²) in [6.45, 7) is 3.67. The number of carbonyl (C=O) groups excluding carboxylic acids is 1. The molecule has 0 saturated carbocycles. The maximum absolute atomic E-state index is 13.0. The molecule has 8 heteroatoms. The van der Waals surface area contributed by atoms with Gasteiger partial charge in [0, 0.05) is 13.1 Å². The Labute approximate surface area is 176 Å². The summed E-state index contributed by atoms with van der Waals surface area (Å²) < 4.78 is 27.3. The van der Waals surface area contributed by atoms with E-state index in [0.717, 1.165) is 11.1 Å². The lowest BCUT2D eigenvalue weighted by Gasteiger charge is -2.36. The fourth-order valence-electron chi connectivity index (χ4n) is 3.71. The highest BCUT2D eigenvalue weighted by Gasteiger charge is 2.44. The number of nitrogens with zero attached hydrogens (tertiary/aromatic N) is 2. The largest absolute Gasteiger partial charge is 0.390 e. The fourth-order valence-corrected chi connectivity index (χ4v) is 5.33. The van der Waals surface area contributed by atoms with Crippen LogP contribution in [0, 0.1) is 6.92 Å². The minimum Gasteiger partial charge on any atom is -0.390 e. The quantitative estimate of drug-likeness (QED) is 0.706. The Morgan fingerprint density at radius 1 is 1.17 bits per heavy atom. The third kappa shape index (κ3) is 4.48. The molecule has 1 fully saturated rings. The first-order valence-corrected chi connectivity index (χ1v) is 11.4. The second-order valence-electron chi connectivity index (χ2n) is 7.29. The summed E-state index contributed by atoms with van der Waals surface area (Å²) in [5.41, 5.74) is 1.84. The number of aliphatic hydroxyl groups excluding tert-OH is 1. The Balaban J connectivity index is 1.89. The van der Waals surface area contributed by atoms with Crippen molar-refractivity contribution in [2.45, 2.75) is 36.9 Å². The number of halogens is 1. The summed E-state index contributed by atoms with van der Waals surface area (Å²) in [5.74, 6) is -0.591. The monoisotopic (exact) mass is 436 g/mol. The van der Waals surface area contributed by atoms with Gasteiger partial charge in [0.2, 0.25) is 15.9 Å². The molecular formula is C21H25ClN2O4S. The zero-order valence-electron chi connectivity index (χ0n) is 16.4. The number of carbonyl (C=O) groups is 1. The van der Waals surface area contributed by atoms with Gasteiger partial charge in [0.25, 0.3) is 0 Å². The van der Waals surface area contributed by atoms with Gasteiger partial charge in [-0.15, -0.1) is 11.6 Å². The molecule has 3 atom stereocenters. The average Bonchev–Trinajstić information content (AvgIpc) is 3.11. The van der Waals surface area contributed by atoms with E-state index < -0.39 is 22.2 Å². The van der Waals surface area contributed by atoms with E-state index in [1.54, 1.807) is 24.3 Å². The number of sulfonamides is 1. The lowest BCUT2D eigenvalue weighted by atomic mass is 10.0. The molecule has 1 amide bonds. The number of amides is 1. The van der Waals surface area contributed by atoms with Crippen molar-refractivity contribution in [3.63, 3.8) is 0 Å². The molecule has 0 radical (unpaired) electrons. The predicted octanol–water partition coefficient (Wildman–Crippen LogP) is 2.56. The SMILES string of the molecule is Cc1ccc(S(=O)(=O)N2C[C@H](O)[C@@H](N(C(=O)CCl)[C@@H](C)c3ccccc3)C2)cc1. The summed E-state index contributed by atoms with van der Waals surface area (Å²) in [6, 6.07) is 14.9. The van der Waals surface area contributed by atoms with Gasteiger partial charge >= 0.3 is 0 Å². The summed E-state index contributed by atoms with van der Waals surface area (Å²) in [7, 11) is -3.78. The number of benzene rings is 2. The number of alkyl halides is 1. The molecule has 0 unspecified atom stereocenters. The van der Waals surface area contributed by atoms with Gasteiger partial charge in [-0.05, 0) is 31.5 Å². The van der Waals surface area contributed by atoms with E-state index in [0.29, 0.717) is 0 Å². The van der Waals surface area contributed by atoms with E-state index in [2.05, 4.69) is 0 Å². The van der Waals surface area contributed by atoms with Crippen LogP contribution in [0.3, 0.4) is 0 Å². The Kier molecular flexibility index (Phi) is 6.63. The van der Waals surface area contributed by atoms with E-state index in [4.69, 9.17) is 11.6 Å². The van der Waals surface area contributed by atoms with Crippen molar-refractivity contribution in [3.05, 3.63) is 65.7 Å². The topological polar surface area (TPSA) is 77.9 Å². The molecule has 2 aromatic carbocycles. The summed E-state index contributed by atoms with van der Waals surface area (Å²) in [5, 5.41) is 10.7. The molecule has 3 rings (SSSR count). The molecule has 29 heavy (non-hydrogen) atoms. The number of hydrogen-bond acceptors (Lipinski definition) is 4. The molecule has 0 aliphatic carbocycles.